The number of hydrogen-bond donors (Lipinski definition) is 0. The predicted octanol–water partition coefficient (Wildman–Crippen LogP) is 4.00. The van der Waals surface area contributed by atoms with E-state index in [4.69, 9.17) is 21.1 Å². The van der Waals surface area contributed by atoms with Crippen LogP contribution in [0.3, 0.4) is 0 Å². The quantitative estimate of drug-likeness (QED) is 0.776. The lowest BCUT2D eigenvalue weighted by atomic mass is 10.1. The van der Waals surface area contributed by atoms with E-state index in [0.717, 1.165) is 5.56 Å². The summed E-state index contributed by atoms with van der Waals surface area (Å²) >= 11 is 6.08. The number of benzene rings is 1. The number of halogens is 1. The predicted molar refractivity (Wildman–Crippen MR) is 72.5 cm³/mol. The fourth-order valence-corrected chi connectivity index (χ4v) is 1.71. The lowest BCUT2D eigenvalue weighted by molar-refractivity contribution is 0.0378. The van der Waals surface area contributed by atoms with Crippen molar-refractivity contribution in [2.24, 2.45) is 0 Å². The standard InChI is InChI=1S/C14H19ClO3/c1-8(2)17-13-7-12(15)11(6-10(13)5)14(16)18-9(3)4/h6-9H,1-5H3. The second-order valence-corrected chi connectivity index (χ2v) is 5.13. The topological polar surface area (TPSA) is 35.5 Å². The van der Waals surface area contributed by atoms with Crippen molar-refractivity contribution in [1.29, 1.82) is 0 Å². The number of esters is 1. The van der Waals surface area contributed by atoms with Crippen LogP contribution >= 0.6 is 11.6 Å². The molecular formula is C14H19ClO3. The zero-order valence-electron chi connectivity index (χ0n) is 11.4. The molecule has 100 valence electrons. The Morgan fingerprint density at radius 3 is 2.28 bits per heavy atom. The van der Waals surface area contributed by atoms with Gasteiger partial charge in [-0.25, -0.2) is 4.79 Å². The maximum atomic E-state index is 11.8. The van der Waals surface area contributed by atoms with Crippen LogP contribution in [0.25, 0.3) is 0 Å². The zero-order chi connectivity index (χ0) is 13.9. The minimum Gasteiger partial charge on any atom is -0.491 e. The molecule has 1 aromatic carbocycles. The van der Waals surface area contributed by atoms with Crippen molar-refractivity contribution in [2.75, 3.05) is 0 Å². The Balaban J connectivity index is 3.03. The molecule has 0 amide bonds. The van der Waals surface area contributed by atoms with Crippen molar-refractivity contribution in [1.82, 2.24) is 0 Å². The molecule has 0 unspecified atom stereocenters. The molecule has 4 heteroatoms. The lowest BCUT2D eigenvalue weighted by Crippen LogP contribution is -2.13. The summed E-state index contributed by atoms with van der Waals surface area (Å²) in [6.45, 7) is 9.35. The largest absolute Gasteiger partial charge is 0.491 e. The number of carbonyl (C=O) groups excluding carboxylic acids is 1. The van der Waals surface area contributed by atoms with Crippen LogP contribution in [0, 0.1) is 6.92 Å². The lowest BCUT2D eigenvalue weighted by Gasteiger charge is -2.15. The molecule has 0 aliphatic heterocycles. The van der Waals surface area contributed by atoms with Gasteiger partial charge in [0.15, 0.2) is 0 Å². The van der Waals surface area contributed by atoms with Gasteiger partial charge in [0, 0.05) is 0 Å². The maximum Gasteiger partial charge on any atom is 0.339 e. The van der Waals surface area contributed by atoms with Crippen LogP contribution in [0.15, 0.2) is 12.1 Å². The average molecular weight is 271 g/mol. The smallest absolute Gasteiger partial charge is 0.339 e. The van der Waals surface area contributed by atoms with Gasteiger partial charge in [0.25, 0.3) is 0 Å². The molecule has 0 saturated carbocycles. The SMILES string of the molecule is Cc1cc(C(=O)OC(C)C)c(Cl)cc1OC(C)C. The Morgan fingerprint density at radius 2 is 1.78 bits per heavy atom. The highest BCUT2D eigenvalue weighted by Crippen LogP contribution is 2.28. The monoisotopic (exact) mass is 270 g/mol. The second-order valence-electron chi connectivity index (χ2n) is 4.72. The summed E-state index contributed by atoms with van der Waals surface area (Å²) in [5.74, 6) is 0.283. The third-order valence-electron chi connectivity index (χ3n) is 2.19. The van der Waals surface area contributed by atoms with E-state index in [1.54, 1.807) is 26.0 Å². The Bertz CT molecular complexity index is 439. The van der Waals surface area contributed by atoms with E-state index in [2.05, 4.69) is 0 Å². The highest BCUT2D eigenvalue weighted by Gasteiger charge is 2.16. The summed E-state index contributed by atoms with van der Waals surface area (Å²) in [5, 5.41) is 0.349. The molecule has 0 saturated heterocycles. The van der Waals surface area contributed by atoms with Crippen LogP contribution in [-0.4, -0.2) is 18.2 Å². The molecule has 1 rings (SSSR count). The van der Waals surface area contributed by atoms with Gasteiger partial charge in [-0.1, -0.05) is 11.6 Å². The molecule has 0 aliphatic rings. The first-order valence-corrected chi connectivity index (χ1v) is 6.36. The summed E-state index contributed by atoms with van der Waals surface area (Å²) in [5.41, 5.74) is 1.24. The van der Waals surface area contributed by atoms with Gasteiger partial charge < -0.3 is 9.47 Å². The summed E-state index contributed by atoms with van der Waals surface area (Å²) in [6, 6.07) is 3.36. The molecule has 0 aliphatic carbocycles. The van der Waals surface area contributed by atoms with E-state index in [-0.39, 0.29) is 12.2 Å². The fraction of sp³-hybridized carbons (Fsp3) is 0.500. The van der Waals surface area contributed by atoms with Gasteiger partial charge in [0.2, 0.25) is 0 Å². The van der Waals surface area contributed by atoms with Crippen LogP contribution in [0.2, 0.25) is 5.02 Å². The fourth-order valence-electron chi connectivity index (χ4n) is 1.48. The molecule has 0 spiro atoms. The maximum absolute atomic E-state index is 11.8. The first-order valence-electron chi connectivity index (χ1n) is 5.99. The summed E-state index contributed by atoms with van der Waals surface area (Å²) in [7, 11) is 0. The third-order valence-corrected chi connectivity index (χ3v) is 2.50. The minimum absolute atomic E-state index is 0.0632. The Labute approximate surface area is 113 Å². The van der Waals surface area contributed by atoms with Gasteiger partial charge >= 0.3 is 5.97 Å². The molecule has 18 heavy (non-hydrogen) atoms. The number of ether oxygens (including phenoxy) is 2. The van der Waals surface area contributed by atoms with Gasteiger partial charge in [-0.3, -0.25) is 0 Å². The first-order chi connectivity index (χ1) is 8.31. The van der Waals surface area contributed by atoms with Gasteiger partial charge in [-0.05, 0) is 52.3 Å². The van der Waals surface area contributed by atoms with Gasteiger partial charge in [0.05, 0.1) is 22.8 Å². The Hall–Kier alpha value is -1.22. The highest BCUT2D eigenvalue weighted by atomic mass is 35.5. The number of carbonyl (C=O) groups is 1. The number of aryl methyl sites for hydroxylation is 1. The van der Waals surface area contributed by atoms with Crippen molar-refractivity contribution in [2.45, 2.75) is 46.8 Å². The van der Waals surface area contributed by atoms with Gasteiger partial charge in [-0.2, -0.15) is 0 Å². The minimum atomic E-state index is -0.408. The molecule has 0 atom stereocenters. The molecule has 0 fully saturated rings. The van der Waals surface area contributed by atoms with Crippen molar-refractivity contribution >= 4 is 17.6 Å². The molecule has 1 aromatic rings. The van der Waals surface area contributed by atoms with E-state index >= 15 is 0 Å². The highest BCUT2D eigenvalue weighted by molar-refractivity contribution is 6.33. The first kappa shape index (κ1) is 14.8. The molecule has 0 heterocycles. The number of rotatable bonds is 4. The average Bonchev–Trinajstić information content (AvgIpc) is 2.21. The Kier molecular flexibility index (Phi) is 5.03. The zero-order valence-corrected chi connectivity index (χ0v) is 12.2. The van der Waals surface area contributed by atoms with Gasteiger partial charge in [0.1, 0.15) is 5.75 Å². The van der Waals surface area contributed by atoms with Crippen molar-refractivity contribution in [3.8, 4) is 5.75 Å². The molecule has 0 radical (unpaired) electrons. The summed E-state index contributed by atoms with van der Waals surface area (Å²) in [6.07, 6.45) is -0.103. The molecular weight excluding hydrogens is 252 g/mol. The van der Waals surface area contributed by atoms with Crippen molar-refractivity contribution in [3.05, 3.63) is 28.3 Å². The van der Waals surface area contributed by atoms with E-state index in [9.17, 15) is 4.79 Å². The molecule has 0 N–H and O–H groups in total. The molecule has 0 aromatic heterocycles. The summed E-state index contributed by atoms with van der Waals surface area (Å²) < 4.78 is 10.7. The summed E-state index contributed by atoms with van der Waals surface area (Å²) in [4.78, 5) is 11.8. The van der Waals surface area contributed by atoms with Crippen molar-refractivity contribution in [3.63, 3.8) is 0 Å². The van der Waals surface area contributed by atoms with Gasteiger partial charge in [-0.15, -0.1) is 0 Å². The van der Waals surface area contributed by atoms with Crippen molar-refractivity contribution < 1.29 is 14.3 Å². The second kappa shape index (κ2) is 6.10. The van der Waals surface area contributed by atoms with Crippen LogP contribution in [-0.2, 0) is 4.74 Å². The normalized spacial score (nSPS) is 10.9. The van der Waals surface area contributed by atoms with Crippen LogP contribution in [0.1, 0.15) is 43.6 Å². The Morgan fingerprint density at radius 1 is 1.17 bits per heavy atom. The van der Waals surface area contributed by atoms with E-state index in [1.165, 1.54) is 0 Å². The third kappa shape index (κ3) is 3.91. The van der Waals surface area contributed by atoms with E-state index in [1.807, 2.05) is 20.8 Å². The number of hydrogen-bond acceptors (Lipinski definition) is 3. The van der Waals surface area contributed by atoms with Crippen LogP contribution in [0.4, 0.5) is 0 Å². The van der Waals surface area contributed by atoms with Crippen LogP contribution < -0.4 is 4.74 Å². The molecule has 3 nitrogen and oxygen atoms in total. The van der Waals surface area contributed by atoms with E-state index < -0.39 is 5.97 Å². The molecule has 0 bridgehead atoms. The van der Waals surface area contributed by atoms with E-state index in [0.29, 0.717) is 16.3 Å². The van der Waals surface area contributed by atoms with Crippen LogP contribution in [0.5, 0.6) is 5.75 Å².